The van der Waals surface area contributed by atoms with Crippen LogP contribution in [-0.2, 0) is 4.79 Å². The molecule has 146 valence electrons. The molecule has 0 aliphatic carbocycles. The maximum Gasteiger partial charge on any atom is 0.339 e. The molecule has 0 atom stereocenters. The number of hydrogen-bond acceptors (Lipinski definition) is 7. The maximum absolute atomic E-state index is 12.8. The predicted octanol–water partition coefficient (Wildman–Crippen LogP) is 4.02. The Bertz CT molecular complexity index is 1080. The topological polar surface area (TPSA) is 114 Å². The summed E-state index contributed by atoms with van der Waals surface area (Å²) in [6.45, 7) is 1.79. The van der Waals surface area contributed by atoms with Crippen molar-refractivity contribution in [1.29, 1.82) is 5.26 Å². The second-order valence-corrected chi connectivity index (χ2v) is 7.37. The number of nitrogens with one attached hydrogen (secondary N) is 3. The Balaban J connectivity index is 1.92. The number of hydrogen-bond donors (Lipinski definition) is 4. The van der Waals surface area contributed by atoms with Crippen molar-refractivity contribution in [2.24, 2.45) is 0 Å². The third-order valence-electron chi connectivity index (χ3n) is 3.92. The molecule has 1 aromatic carbocycles. The SMILES string of the molecule is C/C=C\C(=C/C1=CSNN1)C(=O)Nc1scc(-c2ccc(C#N)cc2)c1C(=O)O. The molecule has 0 spiro atoms. The van der Waals surface area contributed by atoms with E-state index < -0.39 is 11.9 Å². The number of anilines is 1. The lowest BCUT2D eigenvalue weighted by Crippen LogP contribution is -2.19. The number of thiophene rings is 1. The van der Waals surface area contributed by atoms with Gasteiger partial charge in [-0.1, -0.05) is 24.3 Å². The quantitative estimate of drug-likeness (QED) is 0.314. The minimum atomic E-state index is -1.14. The fourth-order valence-corrected chi connectivity index (χ4v) is 4.04. The first-order chi connectivity index (χ1) is 14.0. The summed E-state index contributed by atoms with van der Waals surface area (Å²) in [6.07, 6.45) is 5.05. The number of rotatable bonds is 6. The van der Waals surface area contributed by atoms with Crippen molar-refractivity contribution >= 4 is 40.2 Å². The van der Waals surface area contributed by atoms with Gasteiger partial charge in [0.05, 0.1) is 17.3 Å². The molecule has 9 heteroatoms. The fraction of sp³-hybridized carbons (Fsp3) is 0.0500. The first-order valence-corrected chi connectivity index (χ1v) is 10.2. The first kappa shape index (κ1) is 20.4. The highest BCUT2D eigenvalue weighted by atomic mass is 32.2. The molecule has 1 aromatic heterocycles. The summed E-state index contributed by atoms with van der Waals surface area (Å²) in [5.74, 6) is -1.56. The number of carbonyl (C=O) groups excluding carboxylic acids is 1. The molecule has 0 saturated heterocycles. The fourth-order valence-electron chi connectivity index (χ4n) is 2.59. The highest BCUT2D eigenvalue weighted by Crippen LogP contribution is 2.36. The Morgan fingerprint density at radius 3 is 2.62 bits per heavy atom. The summed E-state index contributed by atoms with van der Waals surface area (Å²) in [7, 11) is 0. The van der Waals surface area contributed by atoms with E-state index in [1.807, 2.05) is 11.5 Å². The standard InChI is InChI=1S/C20H16N4O3S2/c1-2-3-14(8-15-10-29-24-23-15)18(25)22-19-17(20(26)27)16(11-28-19)13-6-4-12(9-21)5-7-13/h2-8,10-11,23-24H,1H3,(H,22,25)(H,26,27)/b3-2-,14-8+. The Labute approximate surface area is 175 Å². The number of aromatic carboxylic acids is 1. The number of benzene rings is 1. The van der Waals surface area contributed by atoms with Crippen LogP contribution in [0.4, 0.5) is 5.00 Å². The highest BCUT2D eigenvalue weighted by molar-refractivity contribution is 8.00. The normalized spacial score (nSPS) is 13.7. The molecule has 4 N–H and O–H groups in total. The number of nitriles is 1. The van der Waals surface area contributed by atoms with E-state index in [1.54, 1.807) is 54.8 Å². The Kier molecular flexibility index (Phi) is 6.51. The van der Waals surface area contributed by atoms with Crippen LogP contribution in [0.25, 0.3) is 11.1 Å². The lowest BCUT2D eigenvalue weighted by Gasteiger charge is -2.07. The van der Waals surface area contributed by atoms with Crippen molar-refractivity contribution in [3.05, 3.63) is 75.7 Å². The Hall–Kier alpha value is -3.32. The third kappa shape index (κ3) is 4.75. The average Bonchev–Trinajstić information content (AvgIpc) is 3.37. The van der Waals surface area contributed by atoms with Crippen LogP contribution in [0, 0.1) is 11.3 Å². The minimum absolute atomic E-state index is 0.0170. The number of allylic oxidation sites excluding steroid dienone is 2. The number of nitrogens with zero attached hydrogens (tertiary/aromatic N) is 1. The number of carboxylic acids is 1. The Morgan fingerprint density at radius 2 is 2.03 bits per heavy atom. The van der Waals surface area contributed by atoms with Gasteiger partial charge in [0.25, 0.3) is 5.91 Å². The summed E-state index contributed by atoms with van der Waals surface area (Å²) >= 11 is 2.49. The molecule has 1 aliphatic heterocycles. The molecule has 0 fully saturated rings. The molecule has 0 unspecified atom stereocenters. The third-order valence-corrected chi connectivity index (χ3v) is 5.40. The number of amides is 1. The molecule has 1 amide bonds. The largest absolute Gasteiger partial charge is 0.478 e. The van der Waals surface area contributed by atoms with Crippen LogP contribution in [0.15, 0.2) is 64.6 Å². The smallest absolute Gasteiger partial charge is 0.339 e. The van der Waals surface area contributed by atoms with Gasteiger partial charge in [0, 0.05) is 21.9 Å². The van der Waals surface area contributed by atoms with Crippen molar-refractivity contribution in [1.82, 2.24) is 10.3 Å². The monoisotopic (exact) mass is 424 g/mol. The number of carbonyl (C=O) groups is 2. The molecule has 3 rings (SSSR count). The van der Waals surface area contributed by atoms with Gasteiger partial charge in [-0.2, -0.15) is 10.1 Å². The van der Waals surface area contributed by atoms with Crippen molar-refractivity contribution in [2.45, 2.75) is 6.92 Å². The van der Waals surface area contributed by atoms with E-state index in [9.17, 15) is 14.7 Å². The summed E-state index contributed by atoms with van der Waals surface area (Å²) in [4.78, 5) is 27.5. The van der Waals surface area contributed by atoms with Gasteiger partial charge in [-0.3, -0.25) is 4.79 Å². The molecule has 2 aromatic rings. The molecule has 0 bridgehead atoms. The number of hydrazine groups is 1. The van der Waals surface area contributed by atoms with Crippen LogP contribution in [-0.4, -0.2) is 17.0 Å². The lowest BCUT2D eigenvalue weighted by molar-refractivity contribution is -0.112. The zero-order valence-electron chi connectivity index (χ0n) is 15.2. The summed E-state index contributed by atoms with van der Waals surface area (Å²) in [5, 5.41) is 25.1. The van der Waals surface area contributed by atoms with Gasteiger partial charge in [0.1, 0.15) is 10.6 Å². The summed E-state index contributed by atoms with van der Waals surface area (Å²) in [5.41, 5.74) is 5.64. The zero-order chi connectivity index (χ0) is 20.8. The van der Waals surface area contributed by atoms with Gasteiger partial charge in [-0.05, 0) is 42.6 Å². The van der Waals surface area contributed by atoms with Gasteiger partial charge >= 0.3 is 5.97 Å². The molecule has 0 radical (unpaired) electrons. The second kappa shape index (κ2) is 9.25. The molecule has 0 saturated carbocycles. The zero-order valence-corrected chi connectivity index (χ0v) is 16.9. The molecular weight excluding hydrogens is 408 g/mol. The molecule has 1 aliphatic rings. The molecule has 2 heterocycles. The number of carboxylic acid groups (broad SMARTS) is 1. The van der Waals surface area contributed by atoms with Crippen LogP contribution in [0.3, 0.4) is 0 Å². The van der Waals surface area contributed by atoms with Gasteiger partial charge in [0.2, 0.25) is 0 Å². The van der Waals surface area contributed by atoms with Gasteiger partial charge in [-0.25, -0.2) is 4.79 Å². The molecule has 29 heavy (non-hydrogen) atoms. The highest BCUT2D eigenvalue weighted by Gasteiger charge is 2.22. The van der Waals surface area contributed by atoms with Crippen molar-refractivity contribution in [2.75, 3.05) is 5.32 Å². The van der Waals surface area contributed by atoms with Gasteiger partial charge in [-0.15, -0.1) is 11.3 Å². The van der Waals surface area contributed by atoms with E-state index in [0.717, 1.165) is 17.0 Å². The predicted molar refractivity (Wildman–Crippen MR) is 115 cm³/mol. The summed E-state index contributed by atoms with van der Waals surface area (Å²) in [6, 6.07) is 8.65. The lowest BCUT2D eigenvalue weighted by atomic mass is 10.0. The van der Waals surface area contributed by atoms with E-state index >= 15 is 0 Å². The Morgan fingerprint density at radius 1 is 1.28 bits per heavy atom. The van der Waals surface area contributed by atoms with Crippen LogP contribution < -0.4 is 15.6 Å². The van der Waals surface area contributed by atoms with E-state index in [-0.39, 0.29) is 10.6 Å². The first-order valence-electron chi connectivity index (χ1n) is 8.41. The average molecular weight is 425 g/mol. The molecular formula is C20H16N4O3S2. The second-order valence-electron chi connectivity index (χ2n) is 5.82. The van der Waals surface area contributed by atoms with Crippen LogP contribution in [0.5, 0.6) is 0 Å². The van der Waals surface area contributed by atoms with Crippen LogP contribution in [0.2, 0.25) is 0 Å². The van der Waals surface area contributed by atoms with E-state index in [0.29, 0.717) is 22.3 Å². The van der Waals surface area contributed by atoms with Crippen molar-refractivity contribution < 1.29 is 14.7 Å². The van der Waals surface area contributed by atoms with E-state index in [1.165, 1.54) is 11.9 Å². The van der Waals surface area contributed by atoms with Crippen LogP contribution >= 0.6 is 23.3 Å². The van der Waals surface area contributed by atoms with Crippen molar-refractivity contribution in [3.63, 3.8) is 0 Å². The summed E-state index contributed by atoms with van der Waals surface area (Å²) < 4.78 is 0. The van der Waals surface area contributed by atoms with E-state index in [2.05, 4.69) is 15.6 Å². The molecule has 7 nitrogen and oxygen atoms in total. The maximum atomic E-state index is 12.8. The van der Waals surface area contributed by atoms with Crippen molar-refractivity contribution in [3.8, 4) is 17.2 Å². The van der Waals surface area contributed by atoms with Crippen LogP contribution in [0.1, 0.15) is 22.8 Å². The van der Waals surface area contributed by atoms with Gasteiger partial charge in [0.15, 0.2) is 0 Å². The van der Waals surface area contributed by atoms with E-state index in [4.69, 9.17) is 5.26 Å². The minimum Gasteiger partial charge on any atom is -0.478 e. The van der Waals surface area contributed by atoms with Gasteiger partial charge < -0.3 is 15.8 Å².